The molecule has 2 aromatic carbocycles. The van der Waals surface area contributed by atoms with E-state index in [2.05, 4.69) is 29.4 Å². The molecule has 2 heterocycles. The summed E-state index contributed by atoms with van der Waals surface area (Å²) in [5.74, 6) is 2.38. The van der Waals surface area contributed by atoms with E-state index in [9.17, 15) is 9.59 Å². The van der Waals surface area contributed by atoms with Crippen LogP contribution in [0.3, 0.4) is 0 Å². The molecule has 2 aliphatic heterocycles. The highest BCUT2D eigenvalue weighted by atomic mass is 32.2. The molecule has 0 radical (unpaired) electrons. The number of rotatable bonds is 8. The molecule has 2 atom stereocenters. The zero-order valence-corrected chi connectivity index (χ0v) is 22.2. The minimum Gasteiger partial charge on any atom is -0.493 e. The lowest BCUT2D eigenvalue weighted by molar-refractivity contribution is -0.112. The Labute approximate surface area is 217 Å². The van der Waals surface area contributed by atoms with Gasteiger partial charge in [0.2, 0.25) is 0 Å². The van der Waals surface area contributed by atoms with Crippen LogP contribution in [0, 0.1) is 11.8 Å². The topological polar surface area (TPSA) is 79.9 Å². The van der Waals surface area contributed by atoms with Crippen LogP contribution in [0.2, 0.25) is 0 Å². The van der Waals surface area contributed by atoms with Crippen molar-refractivity contribution in [3.63, 3.8) is 0 Å². The monoisotopic (exact) mass is 509 g/mol. The van der Waals surface area contributed by atoms with E-state index in [1.807, 2.05) is 30.3 Å². The Kier molecular flexibility index (Phi) is 8.59. The minimum absolute atomic E-state index is 0.121. The Morgan fingerprint density at radius 1 is 1.11 bits per heavy atom. The number of nitrogens with zero attached hydrogens (tertiary/aromatic N) is 1. The van der Waals surface area contributed by atoms with Gasteiger partial charge >= 0.3 is 0 Å². The zero-order valence-electron chi connectivity index (χ0n) is 21.4. The van der Waals surface area contributed by atoms with Gasteiger partial charge in [0.15, 0.2) is 11.5 Å². The lowest BCUT2D eigenvalue weighted by Crippen LogP contribution is -2.40. The maximum Gasteiger partial charge on any atom is 0.262 e. The first-order chi connectivity index (χ1) is 17.4. The molecule has 2 aliphatic rings. The van der Waals surface area contributed by atoms with E-state index < -0.39 is 0 Å². The van der Waals surface area contributed by atoms with Crippen LogP contribution in [0.15, 0.2) is 46.2 Å². The first-order valence-electron chi connectivity index (χ1n) is 12.4. The molecule has 0 spiro atoms. The van der Waals surface area contributed by atoms with Crippen molar-refractivity contribution < 1.29 is 19.1 Å². The van der Waals surface area contributed by atoms with Crippen molar-refractivity contribution in [1.82, 2.24) is 10.2 Å². The molecule has 0 bridgehead atoms. The number of likely N-dealkylation sites (tertiary alicyclic amines) is 1. The van der Waals surface area contributed by atoms with E-state index in [4.69, 9.17) is 9.47 Å². The molecule has 8 heteroatoms. The fraction of sp³-hybridized carbons (Fsp3) is 0.429. The number of hydrogen-bond acceptors (Lipinski definition) is 6. The summed E-state index contributed by atoms with van der Waals surface area (Å²) in [5, 5.41) is 5.95. The number of carbonyl (C=O) groups is 2. The maximum atomic E-state index is 12.8. The standard InChI is InChI=1S/C28H35N3O4S/c1-18-12-19(2)17-31(16-18)11-5-10-29-27(32)21-7-9-25-22(15-21)30-28(33)26(36-25)14-20-6-8-23(34-3)24(13-20)35-4/h6-9,13-15,18-19H,5,10-12,16-17H2,1-4H3,(H,29,32)(H,30,33)/b26-14+/t18-,19+. The molecule has 1 saturated heterocycles. The van der Waals surface area contributed by atoms with Gasteiger partial charge in [-0.15, -0.1) is 0 Å². The Morgan fingerprint density at radius 3 is 2.58 bits per heavy atom. The Hall–Kier alpha value is -2.97. The van der Waals surface area contributed by atoms with Crippen LogP contribution in [-0.4, -0.2) is 57.1 Å². The number of nitrogens with one attached hydrogen (secondary N) is 2. The summed E-state index contributed by atoms with van der Waals surface area (Å²) >= 11 is 1.38. The average Bonchev–Trinajstić information content (AvgIpc) is 2.86. The molecule has 1 fully saturated rings. The molecule has 36 heavy (non-hydrogen) atoms. The number of hydrogen-bond donors (Lipinski definition) is 2. The summed E-state index contributed by atoms with van der Waals surface area (Å²) in [6.07, 6.45) is 4.04. The summed E-state index contributed by atoms with van der Waals surface area (Å²) in [5.41, 5.74) is 2.03. The molecule has 4 rings (SSSR count). The van der Waals surface area contributed by atoms with Gasteiger partial charge in [0.05, 0.1) is 24.8 Å². The van der Waals surface area contributed by atoms with E-state index in [1.165, 1.54) is 18.2 Å². The SMILES string of the molecule is COc1ccc(/C=C2/Sc3ccc(C(=O)NCCCN4C[C@H](C)C[C@H](C)C4)cc3NC2=O)cc1OC. The second kappa shape index (κ2) is 11.8. The molecule has 0 saturated carbocycles. The van der Waals surface area contributed by atoms with Crippen LogP contribution >= 0.6 is 11.8 Å². The van der Waals surface area contributed by atoms with Gasteiger partial charge in [0.1, 0.15) is 0 Å². The quantitative estimate of drug-likeness (QED) is 0.390. The maximum absolute atomic E-state index is 12.8. The van der Waals surface area contributed by atoms with Gasteiger partial charge in [-0.25, -0.2) is 0 Å². The van der Waals surface area contributed by atoms with E-state index >= 15 is 0 Å². The summed E-state index contributed by atoms with van der Waals surface area (Å²) < 4.78 is 10.6. The van der Waals surface area contributed by atoms with Crippen molar-refractivity contribution in [2.24, 2.45) is 11.8 Å². The third-order valence-corrected chi connectivity index (χ3v) is 7.62. The van der Waals surface area contributed by atoms with Crippen molar-refractivity contribution in [3.05, 3.63) is 52.4 Å². The number of piperidine rings is 1. The second-order valence-corrected chi connectivity index (χ2v) is 10.8. The highest BCUT2D eigenvalue weighted by molar-refractivity contribution is 8.04. The lowest BCUT2D eigenvalue weighted by atomic mass is 9.92. The van der Waals surface area contributed by atoms with Crippen molar-refractivity contribution in [2.75, 3.05) is 45.7 Å². The van der Waals surface area contributed by atoms with Crippen LogP contribution in [0.1, 0.15) is 42.6 Å². The molecular formula is C28H35N3O4S. The number of amides is 2. The molecule has 0 aliphatic carbocycles. The molecule has 7 nitrogen and oxygen atoms in total. The first kappa shape index (κ1) is 26.1. The van der Waals surface area contributed by atoms with Crippen LogP contribution in [0.4, 0.5) is 5.69 Å². The van der Waals surface area contributed by atoms with Gasteiger partial charge < -0.3 is 25.0 Å². The predicted octanol–water partition coefficient (Wildman–Crippen LogP) is 4.89. The highest BCUT2D eigenvalue weighted by Crippen LogP contribution is 2.40. The fourth-order valence-corrected chi connectivity index (χ4v) is 5.91. The molecule has 0 unspecified atom stereocenters. The predicted molar refractivity (Wildman–Crippen MR) is 145 cm³/mol. The number of carbonyl (C=O) groups excluding carboxylic acids is 2. The number of methoxy groups -OCH3 is 2. The van der Waals surface area contributed by atoms with Gasteiger partial charge in [-0.3, -0.25) is 9.59 Å². The van der Waals surface area contributed by atoms with Crippen molar-refractivity contribution in [3.8, 4) is 11.5 Å². The van der Waals surface area contributed by atoms with Crippen LogP contribution in [-0.2, 0) is 4.79 Å². The van der Waals surface area contributed by atoms with Gasteiger partial charge in [0, 0.05) is 30.1 Å². The van der Waals surface area contributed by atoms with Gasteiger partial charge in [-0.2, -0.15) is 0 Å². The third kappa shape index (κ3) is 6.42. The number of anilines is 1. The molecule has 2 amide bonds. The van der Waals surface area contributed by atoms with E-state index in [0.29, 0.717) is 34.2 Å². The Balaban J connectivity index is 1.34. The van der Waals surface area contributed by atoms with Crippen LogP contribution in [0.25, 0.3) is 6.08 Å². The van der Waals surface area contributed by atoms with Crippen molar-refractivity contribution in [2.45, 2.75) is 31.6 Å². The molecule has 2 N–H and O–H groups in total. The molecule has 192 valence electrons. The van der Waals surface area contributed by atoms with Gasteiger partial charge in [0.25, 0.3) is 11.8 Å². The van der Waals surface area contributed by atoms with Crippen molar-refractivity contribution >= 4 is 35.3 Å². The van der Waals surface area contributed by atoms with Crippen LogP contribution < -0.4 is 20.1 Å². The van der Waals surface area contributed by atoms with E-state index in [-0.39, 0.29) is 11.8 Å². The number of thioether (sulfide) groups is 1. The molecule has 2 aromatic rings. The Bertz CT molecular complexity index is 1140. The van der Waals surface area contributed by atoms with E-state index in [0.717, 1.165) is 48.3 Å². The minimum atomic E-state index is -0.204. The molecule has 0 aromatic heterocycles. The second-order valence-electron chi connectivity index (χ2n) is 9.71. The average molecular weight is 510 g/mol. The zero-order chi connectivity index (χ0) is 25.7. The van der Waals surface area contributed by atoms with E-state index in [1.54, 1.807) is 26.4 Å². The number of fused-ring (bicyclic) bond motifs is 1. The van der Waals surface area contributed by atoms with Gasteiger partial charge in [-0.1, -0.05) is 31.7 Å². The normalized spacial score (nSPS) is 21.0. The molecular weight excluding hydrogens is 474 g/mol. The number of ether oxygens (including phenoxy) is 2. The smallest absolute Gasteiger partial charge is 0.262 e. The highest BCUT2D eigenvalue weighted by Gasteiger charge is 2.23. The van der Waals surface area contributed by atoms with Crippen LogP contribution in [0.5, 0.6) is 11.5 Å². The first-order valence-corrected chi connectivity index (χ1v) is 13.3. The summed E-state index contributed by atoms with van der Waals surface area (Å²) in [7, 11) is 3.17. The number of benzene rings is 2. The third-order valence-electron chi connectivity index (χ3n) is 6.52. The van der Waals surface area contributed by atoms with Crippen molar-refractivity contribution in [1.29, 1.82) is 0 Å². The summed E-state index contributed by atoms with van der Waals surface area (Å²) in [6.45, 7) is 8.54. The summed E-state index contributed by atoms with van der Waals surface area (Å²) in [4.78, 5) is 29.4. The largest absolute Gasteiger partial charge is 0.493 e. The summed E-state index contributed by atoms with van der Waals surface area (Å²) in [6, 6.07) is 10.9. The lowest BCUT2D eigenvalue weighted by Gasteiger charge is -2.34. The fourth-order valence-electron chi connectivity index (χ4n) is 4.98. The Morgan fingerprint density at radius 2 is 1.86 bits per heavy atom. The van der Waals surface area contributed by atoms with Gasteiger partial charge in [-0.05, 0) is 73.2 Å².